The van der Waals surface area contributed by atoms with E-state index >= 15 is 0 Å². The lowest BCUT2D eigenvalue weighted by atomic mass is 10.1. The van der Waals surface area contributed by atoms with E-state index in [1.807, 2.05) is 30.1 Å². The fraction of sp³-hybridized carbons (Fsp3) is 0.385. The van der Waals surface area contributed by atoms with Crippen LogP contribution in [0.25, 0.3) is 0 Å². The highest BCUT2D eigenvalue weighted by Crippen LogP contribution is 2.18. The maximum Gasteiger partial charge on any atom is 0.303 e. The molecule has 0 fully saturated rings. The Kier molecular flexibility index (Phi) is 5.02. The number of nitrogens with zero attached hydrogens (tertiary/aromatic N) is 2. The second kappa shape index (κ2) is 6.54. The van der Waals surface area contributed by atoms with Crippen molar-refractivity contribution >= 4 is 11.7 Å². The summed E-state index contributed by atoms with van der Waals surface area (Å²) in [6.45, 7) is 0.756. The normalized spacial score (nSPS) is 9.65. The van der Waals surface area contributed by atoms with Crippen LogP contribution in [0.15, 0.2) is 24.3 Å². The smallest absolute Gasteiger partial charge is 0.303 e. The van der Waals surface area contributed by atoms with E-state index in [1.165, 1.54) is 0 Å². The molecule has 0 bridgehead atoms. The average molecular weight is 232 g/mol. The Morgan fingerprint density at radius 3 is 2.76 bits per heavy atom. The van der Waals surface area contributed by atoms with E-state index in [4.69, 9.17) is 10.4 Å². The molecule has 0 atom stereocenters. The first-order valence-corrected chi connectivity index (χ1v) is 5.57. The number of para-hydroxylation sites is 1. The van der Waals surface area contributed by atoms with Gasteiger partial charge in [0.25, 0.3) is 0 Å². The summed E-state index contributed by atoms with van der Waals surface area (Å²) in [5, 5.41) is 17.5. The standard InChI is InChI=1S/C13H16N2O2/c1-15(9-5-4-8-13(16)17)12-7-3-2-6-11(12)10-14/h2-3,6-7H,4-5,8-9H2,1H3,(H,16,17). The lowest BCUT2D eigenvalue weighted by molar-refractivity contribution is -0.137. The van der Waals surface area contributed by atoms with Gasteiger partial charge < -0.3 is 10.0 Å². The molecule has 0 aliphatic carbocycles. The third-order valence-corrected chi connectivity index (χ3v) is 2.57. The molecule has 1 N–H and O–H groups in total. The van der Waals surface area contributed by atoms with Crippen molar-refractivity contribution in [3.05, 3.63) is 29.8 Å². The zero-order valence-corrected chi connectivity index (χ0v) is 9.89. The quantitative estimate of drug-likeness (QED) is 0.764. The van der Waals surface area contributed by atoms with Crippen LogP contribution in [0, 0.1) is 11.3 Å². The number of carbonyl (C=O) groups is 1. The highest BCUT2D eigenvalue weighted by molar-refractivity contribution is 5.66. The van der Waals surface area contributed by atoms with Crippen LogP contribution in [0.2, 0.25) is 0 Å². The van der Waals surface area contributed by atoms with E-state index in [2.05, 4.69) is 6.07 Å². The zero-order valence-electron chi connectivity index (χ0n) is 9.89. The number of anilines is 1. The molecule has 0 saturated heterocycles. The third-order valence-electron chi connectivity index (χ3n) is 2.57. The van der Waals surface area contributed by atoms with Gasteiger partial charge in [0.2, 0.25) is 0 Å². The molecule has 4 heteroatoms. The van der Waals surface area contributed by atoms with Gasteiger partial charge in [-0.25, -0.2) is 0 Å². The molecule has 1 rings (SSSR count). The first-order chi connectivity index (χ1) is 8.15. The van der Waals surface area contributed by atoms with Crippen molar-refractivity contribution < 1.29 is 9.90 Å². The van der Waals surface area contributed by atoms with Gasteiger partial charge in [-0.2, -0.15) is 5.26 Å². The van der Waals surface area contributed by atoms with Crippen molar-refractivity contribution in [1.82, 2.24) is 0 Å². The number of aliphatic carboxylic acids is 1. The molecule has 0 heterocycles. The van der Waals surface area contributed by atoms with Crippen LogP contribution in [-0.2, 0) is 4.79 Å². The second-order valence-corrected chi connectivity index (χ2v) is 3.90. The molecule has 0 amide bonds. The van der Waals surface area contributed by atoms with Gasteiger partial charge in [-0.3, -0.25) is 4.79 Å². The molecule has 4 nitrogen and oxygen atoms in total. The molecule has 0 saturated carbocycles. The summed E-state index contributed by atoms with van der Waals surface area (Å²) in [5.74, 6) is -0.759. The Bertz CT molecular complexity index is 424. The largest absolute Gasteiger partial charge is 0.481 e. The number of hydrogen-bond acceptors (Lipinski definition) is 3. The number of unbranched alkanes of at least 4 members (excludes halogenated alkanes) is 1. The Labute approximate surface area is 101 Å². The van der Waals surface area contributed by atoms with Gasteiger partial charge in [0.05, 0.1) is 11.3 Å². The molecule has 17 heavy (non-hydrogen) atoms. The SMILES string of the molecule is CN(CCCCC(=O)O)c1ccccc1C#N. The highest BCUT2D eigenvalue weighted by Gasteiger charge is 2.06. The summed E-state index contributed by atoms with van der Waals surface area (Å²) in [7, 11) is 1.91. The molecule has 0 aromatic heterocycles. The van der Waals surface area contributed by atoms with E-state index in [1.54, 1.807) is 6.07 Å². The van der Waals surface area contributed by atoms with Gasteiger partial charge in [0.15, 0.2) is 0 Å². The first kappa shape index (κ1) is 13.0. The lowest BCUT2D eigenvalue weighted by Crippen LogP contribution is -2.19. The average Bonchev–Trinajstić information content (AvgIpc) is 2.34. The summed E-state index contributed by atoms with van der Waals surface area (Å²) in [5.41, 5.74) is 1.54. The maximum absolute atomic E-state index is 10.4. The number of hydrogen-bond donors (Lipinski definition) is 1. The van der Waals surface area contributed by atoms with Gasteiger partial charge in [-0.1, -0.05) is 12.1 Å². The number of carboxylic acid groups (broad SMARTS) is 1. The molecule has 1 aromatic carbocycles. The van der Waals surface area contributed by atoms with Gasteiger partial charge in [-0.15, -0.1) is 0 Å². The van der Waals surface area contributed by atoms with E-state index < -0.39 is 5.97 Å². The molecule has 0 aliphatic rings. The van der Waals surface area contributed by atoms with Gasteiger partial charge in [0.1, 0.15) is 6.07 Å². The van der Waals surface area contributed by atoms with Crippen molar-refractivity contribution in [2.75, 3.05) is 18.5 Å². The monoisotopic (exact) mass is 232 g/mol. The van der Waals surface area contributed by atoms with Crippen LogP contribution in [0.4, 0.5) is 5.69 Å². The minimum atomic E-state index is -0.759. The summed E-state index contributed by atoms with van der Waals surface area (Å²) in [6, 6.07) is 9.56. The van der Waals surface area contributed by atoms with Crippen LogP contribution in [0.1, 0.15) is 24.8 Å². The Balaban J connectivity index is 2.50. The predicted molar refractivity (Wildman–Crippen MR) is 65.9 cm³/mol. The molecule has 1 aromatic rings. The molecule has 0 unspecified atom stereocenters. The van der Waals surface area contributed by atoms with Crippen molar-refractivity contribution in [1.29, 1.82) is 5.26 Å². The van der Waals surface area contributed by atoms with Crippen LogP contribution >= 0.6 is 0 Å². The van der Waals surface area contributed by atoms with E-state index in [0.717, 1.165) is 18.7 Å². The maximum atomic E-state index is 10.4. The molecule has 0 spiro atoms. The number of benzene rings is 1. The van der Waals surface area contributed by atoms with Crippen molar-refractivity contribution in [2.45, 2.75) is 19.3 Å². The van der Waals surface area contributed by atoms with Crippen LogP contribution in [0.5, 0.6) is 0 Å². The number of rotatable bonds is 6. The third kappa shape index (κ3) is 4.15. The van der Waals surface area contributed by atoms with E-state index in [-0.39, 0.29) is 6.42 Å². The topological polar surface area (TPSA) is 64.3 Å². The van der Waals surface area contributed by atoms with Crippen molar-refractivity contribution in [3.63, 3.8) is 0 Å². The fourth-order valence-corrected chi connectivity index (χ4v) is 1.65. The van der Waals surface area contributed by atoms with Crippen LogP contribution in [-0.4, -0.2) is 24.7 Å². The molecule has 90 valence electrons. The lowest BCUT2D eigenvalue weighted by Gasteiger charge is -2.20. The van der Waals surface area contributed by atoms with Crippen molar-refractivity contribution in [2.24, 2.45) is 0 Å². The fourth-order valence-electron chi connectivity index (χ4n) is 1.65. The molecular weight excluding hydrogens is 216 g/mol. The Hall–Kier alpha value is -2.02. The predicted octanol–water partition coefficient (Wildman–Crippen LogP) is 2.25. The van der Waals surface area contributed by atoms with Gasteiger partial charge >= 0.3 is 5.97 Å². The Morgan fingerprint density at radius 1 is 1.41 bits per heavy atom. The van der Waals surface area contributed by atoms with E-state index in [9.17, 15) is 4.79 Å². The minimum absolute atomic E-state index is 0.202. The van der Waals surface area contributed by atoms with Gasteiger partial charge in [-0.05, 0) is 25.0 Å². The highest BCUT2D eigenvalue weighted by atomic mass is 16.4. The van der Waals surface area contributed by atoms with Crippen LogP contribution < -0.4 is 4.90 Å². The summed E-state index contributed by atoms with van der Waals surface area (Å²) >= 11 is 0. The first-order valence-electron chi connectivity index (χ1n) is 5.57. The van der Waals surface area contributed by atoms with Gasteiger partial charge in [0, 0.05) is 20.0 Å². The number of carboxylic acids is 1. The van der Waals surface area contributed by atoms with Crippen LogP contribution in [0.3, 0.4) is 0 Å². The summed E-state index contributed by atoms with van der Waals surface area (Å²) in [6.07, 6.45) is 1.67. The zero-order chi connectivity index (χ0) is 12.7. The second-order valence-electron chi connectivity index (χ2n) is 3.90. The molecule has 0 radical (unpaired) electrons. The number of nitriles is 1. The Morgan fingerprint density at radius 2 is 2.12 bits per heavy atom. The minimum Gasteiger partial charge on any atom is -0.481 e. The molecule has 0 aliphatic heterocycles. The van der Waals surface area contributed by atoms with E-state index in [0.29, 0.717) is 12.0 Å². The summed E-state index contributed by atoms with van der Waals surface area (Å²) < 4.78 is 0. The van der Waals surface area contributed by atoms with Crippen molar-refractivity contribution in [3.8, 4) is 6.07 Å². The molecular formula is C13H16N2O2. The summed E-state index contributed by atoms with van der Waals surface area (Å²) in [4.78, 5) is 12.3.